The Kier molecular flexibility index (Phi) is 4.04. The molecule has 2 aromatic heterocycles. The third-order valence-corrected chi connectivity index (χ3v) is 6.20. The van der Waals surface area contributed by atoms with E-state index in [2.05, 4.69) is 10.3 Å². The van der Waals surface area contributed by atoms with Gasteiger partial charge in [0.2, 0.25) is 0 Å². The predicted octanol–water partition coefficient (Wildman–Crippen LogP) is 3.48. The third-order valence-electron chi connectivity index (χ3n) is 5.02. The second kappa shape index (κ2) is 6.08. The summed E-state index contributed by atoms with van der Waals surface area (Å²) in [6, 6.07) is 0.0267. The van der Waals surface area contributed by atoms with Gasteiger partial charge >= 0.3 is 0 Å². The zero-order valence-corrected chi connectivity index (χ0v) is 15.2. The summed E-state index contributed by atoms with van der Waals surface area (Å²) in [4.78, 5) is 23.8. The van der Waals surface area contributed by atoms with Crippen LogP contribution in [-0.4, -0.2) is 34.6 Å². The van der Waals surface area contributed by atoms with Gasteiger partial charge in [-0.15, -0.1) is 11.3 Å². The van der Waals surface area contributed by atoms with E-state index >= 15 is 0 Å². The van der Waals surface area contributed by atoms with Gasteiger partial charge in [0, 0.05) is 17.9 Å². The molecule has 2 aromatic rings. The summed E-state index contributed by atoms with van der Waals surface area (Å²) >= 11 is 1.49. The van der Waals surface area contributed by atoms with Gasteiger partial charge in [-0.05, 0) is 52.0 Å². The number of aromatic nitrogens is 2. The maximum atomic E-state index is 12.7. The van der Waals surface area contributed by atoms with Crippen molar-refractivity contribution in [2.45, 2.75) is 64.5 Å². The van der Waals surface area contributed by atoms with Crippen LogP contribution in [-0.2, 0) is 4.74 Å². The summed E-state index contributed by atoms with van der Waals surface area (Å²) in [5.74, 6) is 1.44. The fourth-order valence-electron chi connectivity index (χ4n) is 3.46. The van der Waals surface area contributed by atoms with Crippen LogP contribution in [0.2, 0.25) is 0 Å². The number of hydrogen-bond donors (Lipinski definition) is 1. The summed E-state index contributed by atoms with van der Waals surface area (Å²) in [5.41, 5.74) is 1.98. The van der Waals surface area contributed by atoms with E-state index in [-0.39, 0.29) is 18.1 Å². The normalized spacial score (nSPS) is 22.0. The van der Waals surface area contributed by atoms with Crippen LogP contribution < -0.4 is 5.32 Å². The Morgan fingerprint density at radius 3 is 2.75 bits per heavy atom. The quantitative estimate of drug-likeness (QED) is 0.921. The van der Waals surface area contributed by atoms with Crippen molar-refractivity contribution in [1.82, 2.24) is 15.3 Å². The molecule has 1 N–H and O–H groups in total. The van der Waals surface area contributed by atoms with E-state index in [0.29, 0.717) is 5.92 Å². The number of amides is 1. The van der Waals surface area contributed by atoms with Gasteiger partial charge in [0.25, 0.3) is 5.91 Å². The summed E-state index contributed by atoms with van der Waals surface area (Å²) in [6.45, 7) is 6.84. The highest BCUT2D eigenvalue weighted by molar-refractivity contribution is 7.20. The molecule has 1 saturated carbocycles. The van der Waals surface area contributed by atoms with Crippen molar-refractivity contribution in [3.05, 3.63) is 22.0 Å². The van der Waals surface area contributed by atoms with Gasteiger partial charge in [-0.25, -0.2) is 9.97 Å². The molecule has 2 atom stereocenters. The number of hydrogen-bond acceptors (Lipinski definition) is 5. The lowest BCUT2D eigenvalue weighted by Gasteiger charge is -2.19. The molecule has 0 unspecified atom stereocenters. The lowest BCUT2D eigenvalue weighted by Crippen LogP contribution is -2.40. The van der Waals surface area contributed by atoms with Crippen LogP contribution in [0.3, 0.4) is 0 Å². The van der Waals surface area contributed by atoms with E-state index in [4.69, 9.17) is 9.72 Å². The molecule has 6 heteroatoms. The van der Waals surface area contributed by atoms with Crippen LogP contribution in [0.15, 0.2) is 0 Å². The van der Waals surface area contributed by atoms with Gasteiger partial charge in [0.15, 0.2) is 0 Å². The lowest BCUT2D eigenvalue weighted by molar-refractivity contribution is 0.0714. The molecular weight excluding hydrogens is 322 g/mol. The minimum Gasteiger partial charge on any atom is -0.376 e. The number of aryl methyl sites for hydroxylation is 2. The maximum Gasteiger partial charge on any atom is 0.262 e. The molecule has 1 aliphatic carbocycles. The lowest BCUT2D eigenvalue weighted by atomic mass is 10.1. The van der Waals surface area contributed by atoms with Crippen LogP contribution in [0.1, 0.15) is 65.3 Å². The molecule has 5 nitrogen and oxygen atoms in total. The van der Waals surface area contributed by atoms with Crippen molar-refractivity contribution in [2.75, 3.05) is 6.61 Å². The van der Waals surface area contributed by atoms with Crippen molar-refractivity contribution < 1.29 is 9.53 Å². The number of carbonyl (C=O) groups excluding carboxylic acids is 1. The minimum absolute atomic E-state index is 0.0223. The van der Waals surface area contributed by atoms with Crippen molar-refractivity contribution in [3.63, 3.8) is 0 Å². The molecule has 4 rings (SSSR count). The molecule has 3 heterocycles. The third kappa shape index (κ3) is 2.82. The molecule has 24 heavy (non-hydrogen) atoms. The SMILES string of the molecule is Cc1nc(C2CC2)nc2sc(C(=O)N[C@@H](C)[C@H]3CCCO3)c(C)c12. The fourth-order valence-corrected chi connectivity index (χ4v) is 4.60. The first-order valence-electron chi connectivity index (χ1n) is 8.74. The highest BCUT2D eigenvalue weighted by atomic mass is 32.1. The monoisotopic (exact) mass is 345 g/mol. The van der Waals surface area contributed by atoms with Gasteiger partial charge in [-0.3, -0.25) is 4.79 Å². The largest absolute Gasteiger partial charge is 0.376 e. The first kappa shape index (κ1) is 16.0. The van der Waals surface area contributed by atoms with E-state index in [1.807, 2.05) is 20.8 Å². The van der Waals surface area contributed by atoms with E-state index < -0.39 is 0 Å². The van der Waals surface area contributed by atoms with E-state index in [1.54, 1.807) is 0 Å². The van der Waals surface area contributed by atoms with Gasteiger partial charge in [0.1, 0.15) is 10.7 Å². The van der Waals surface area contributed by atoms with Gasteiger partial charge in [-0.2, -0.15) is 0 Å². The topological polar surface area (TPSA) is 64.1 Å². The average Bonchev–Trinajstić information content (AvgIpc) is 3.13. The predicted molar refractivity (Wildman–Crippen MR) is 94.8 cm³/mol. The molecule has 1 amide bonds. The highest BCUT2D eigenvalue weighted by Crippen LogP contribution is 2.40. The van der Waals surface area contributed by atoms with Crippen LogP contribution >= 0.6 is 11.3 Å². The zero-order valence-electron chi connectivity index (χ0n) is 14.4. The number of nitrogens with one attached hydrogen (secondary N) is 1. The van der Waals surface area contributed by atoms with E-state index in [1.165, 1.54) is 24.2 Å². The number of nitrogens with zero attached hydrogens (tertiary/aromatic N) is 2. The molecule has 0 radical (unpaired) electrons. The van der Waals surface area contributed by atoms with Crippen molar-refractivity contribution in [2.24, 2.45) is 0 Å². The van der Waals surface area contributed by atoms with Crippen LogP contribution in [0, 0.1) is 13.8 Å². The van der Waals surface area contributed by atoms with Crippen molar-refractivity contribution in [3.8, 4) is 0 Å². The molecular formula is C18H23N3O2S. The summed E-state index contributed by atoms with van der Waals surface area (Å²) in [7, 11) is 0. The highest BCUT2D eigenvalue weighted by Gasteiger charge is 2.29. The number of carbonyl (C=O) groups is 1. The molecule has 1 aliphatic heterocycles. The molecule has 2 fully saturated rings. The Morgan fingerprint density at radius 1 is 1.29 bits per heavy atom. The van der Waals surface area contributed by atoms with Crippen LogP contribution in [0.4, 0.5) is 0 Å². The number of rotatable bonds is 4. The first-order chi connectivity index (χ1) is 11.5. The fraction of sp³-hybridized carbons (Fsp3) is 0.611. The maximum absolute atomic E-state index is 12.7. The van der Waals surface area contributed by atoms with E-state index in [0.717, 1.165) is 51.6 Å². The summed E-state index contributed by atoms with van der Waals surface area (Å²) < 4.78 is 5.68. The molecule has 128 valence electrons. The second-order valence-electron chi connectivity index (χ2n) is 6.99. The van der Waals surface area contributed by atoms with E-state index in [9.17, 15) is 4.79 Å². The number of fused-ring (bicyclic) bond motifs is 1. The standard InChI is InChI=1S/C18H23N3O2S/c1-9-14-11(3)19-16(12-6-7-12)21-18(14)24-15(9)17(22)20-10(2)13-5-4-8-23-13/h10,12-13H,4-8H2,1-3H3,(H,20,22)/t10-,13+/m0/s1. The number of ether oxygens (including phenoxy) is 1. The Hall–Kier alpha value is -1.53. The van der Waals surface area contributed by atoms with Crippen molar-refractivity contribution >= 4 is 27.5 Å². The minimum atomic E-state index is -0.0223. The molecule has 2 aliphatic rings. The van der Waals surface area contributed by atoms with Crippen LogP contribution in [0.5, 0.6) is 0 Å². The first-order valence-corrected chi connectivity index (χ1v) is 9.56. The molecule has 0 bridgehead atoms. The Morgan fingerprint density at radius 2 is 2.08 bits per heavy atom. The van der Waals surface area contributed by atoms with Crippen molar-refractivity contribution in [1.29, 1.82) is 0 Å². The summed E-state index contributed by atoms with van der Waals surface area (Å²) in [5, 5.41) is 4.15. The Labute approximate surface area is 145 Å². The van der Waals surface area contributed by atoms with Gasteiger partial charge in [0.05, 0.1) is 22.7 Å². The summed E-state index contributed by atoms with van der Waals surface area (Å²) in [6.07, 6.45) is 4.59. The van der Waals surface area contributed by atoms with Gasteiger partial charge < -0.3 is 10.1 Å². The molecule has 0 aromatic carbocycles. The molecule has 1 saturated heterocycles. The zero-order chi connectivity index (χ0) is 16.8. The van der Waals surface area contributed by atoms with Gasteiger partial charge in [-0.1, -0.05) is 0 Å². The van der Waals surface area contributed by atoms with Crippen LogP contribution in [0.25, 0.3) is 10.2 Å². The number of thiophene rings is 1. The Balaban J connectivity index is 1.62. The average molecular weight is 345 g/mol. The Bertz CT molecular complexity index is 791. The smallest absolute Gasteiger partial charge is 0.262 e. The molecule has 0 spiro atoms. The second-order valence-corrected chi connectivity index (χ2v) is 7.99.